The number of hydrogen-bond acceptors (Lipinski definition) is 3. The third-order valence-corrected chi connectivity index (χ3v) is 6.65. The molecule has 0 radical (unpaired) electrons. The van der Waals surface area contributed by atoms with Gasteiger partial charge in [-0.15, -0.1) is 6.61 Å². The molecule has 0 heterocycles. The molecule has 0 aromatic heterocycles. The number of hydrogen-bond donors (Lipinski definition) is 1. The average Bonchev–Trinajstić information content (AvgIpc) is 3.13. The van der Waals surface area contributed by atoms with E-state index in [1.807, 2.05) is 24.3 Å². The molecular weight excluding hydrogens is 427 g/mol. The van der Waals surface area contributed by atoms with Crippen LogP contribution in [0.1, 0.15) is 51.8 Å². The molecule has 0 N–H and O–H groups in total. The van der Waals surface area contributed by atoms with Gasteiger partial charge in [-0.3, -0.25) is 0 Å². The van der Waals surface area contributed by atoms with Gasteiger partial charge in [-0.1, -0.05) is 48.0 Å². The Hall–Kier alpha value is -0.594. The minimum absolute atomic E-state index is 0. The number of aryl methyl sites for hydroxylation is 3. The van der Waals surface area contributed by atoms with Gasteiger partial charge in [-0.05, 0) is 96.4 Å². The summed E-state index contributed by atoms with van der Waals surface area (Å²) in [5, 5.41) is 11.3. The van der Waals surface area contributed by atoms with Crippen LogP contribution in [0.2, 0.25) is 0 Å². The van der Waals surface area contributed by atoms with Crippen molar-refractivity contribution in [3.63, 3.8) is 0 Å². The maximum atomic E-state index is 11.3. The van der Waals surface area contributed by atoms with E-state index in [-0.39, 0.29) is 70.0 Å². The Kier molecular flexibility index (Phi) is 8.90. The summed E-state index contributed by atoms with van der Waals surface area (Å²) in [5.41, 5.74) is 10.4. The second-order valence-corrected chi connectivity index (χ2v) is 8.77. The summed E-state index contributed by atoms with van der Waals surface area (Å²) in [6.45, 7) is 6.43. The molecule has 4 heteroatoms. The van der Waals surface area contributed by atoms with Crippen LogP contribution in [0.25, 0.3) is 11.1 Å². The molecule has 1 aliphatic carbocycles. The van der Waals surface area contributed by atoms with Crippen LogP contribution in [0.15, 0.2) is 54.6 Å². The number of fused-ring (bicyclic) bond motifs is 1. The van der Waals surface area contributed by atoms with Gasteiger partial charge in [0.2, 0.25) is 0 Å². The number of rotatable bonds is 6. The molecule has 0 aliphatic heterocycles. The van der Waals surface area contributed by atoms with Crippen LogP contribution in [-0.4, -0.2) is 12.4 Å². The van der Waals surface area contributed by atoms with Gasteiger partial charge in [0.1, 0.15) is 11.9 Å². The number of thiol groups is 1. The maximum absolute atomic E-state index is 11.3. The van der Waals surface area contributed by atoms with Crippen molar-refractivity contribution in [2.75, 3.05) is 12.4 Å². The second-order valence-electron chi connectivity index (χ2n) is 8.41. The van der Waals surface area contributed by atoms with Crippen molar-refractivity contribution >= 4 is 12.6 Å². The third-order valence-electron chi connectivity index (χ3n) is 6.21. The van der Waals surface area contributed by atoms with Gasteiger partial charge in [-0.2, -0.15) is 12.6 Å². The molecule has 1 aliphatic rings. The van der Waals surface area contributed by atoms with E-state index in [1.165, 1.54) is 38.9 Å². The van der Waals surface area contributed by atoms with Gasteiger partial charge in [0, 0.05) is 0 Å². The minimum Gasteiger partial charge on any atom is -0.854 e. The number of benzene rings is 3. The molecule has 2 nitrogen and oxygen atoms in total. The van der Waals surface area contributed by atoms with E-state index in [0.29, 0.717) is 5.75 Å². The van der Waals surface area contributed by atoms with Crippen LogP contribution in [0.4, 0.5) is 0 Å². The molecule has 0 saturated carbocycles. The Labute approximate surface area is 234 Å². The van der Waals surface area contributed by atoms with Crippen molar-refractivity contribution in [2.24, 2.45) is 0 Å². The Bertz CT molecular complexity index is 1020. The normalized spacial score (nSPS) is 15.8. The summed E-state index contributed by atoms with van der Waals surface area (Å²) in [6, 6.07) is 19.1. The summed E-state index contributed by atoms with van der Waals surface area (Å²) >= 11 is 4.29. The molecule has 3 aromatic rings. The Morgan fingerprint density at radius 3 is 2.32 bits per heavy atom. The van der Waals surface area contributed by atoms with Gasteiger partial charge >= 0.3 is 51.4 Å². The van der Waals surface area contributed by atoms with Gasteiger partial charge in [0.25, 0.3) is 0 Å². The fourth-order valence-electron chi connectivity index (χ4n) is 4.81. The van der Waals surface area contributed by atoms with Crippen molar-refractivity contribution in [3.05, 3.63) is 88.0 Å². The molecular formula is C27H29KO2S. The first-order valence-corrected chi connectivity index (χ1v) is 11.3. The van der Waals surface area contributed by atoms with Crippen LogP contribution in [0.5, 0.6) is 5.75 Å². The first-order valence-electron chi connectivity index (χ1n) is 10.7. The zero-order valence-corrected chi connectivity index (χ0v) is 23.0. The molecule has 0 spiro atoms. The van der Waals surface area contributed by atoms with Crippen molar-refractivity contribution < 1.29 is 61.2 Å². The molecule has 156 valence electrons. The van der Waals surface area contributed by atoms with E-state index in [9.17, 15) is 5.11 Å². The fraction of sp³-hybridized carbons (Fsp3) is 0.333. The first-order chi connectivity index (χ1) is 14.5. The smallest absolute Gasteiger partial charge is 0.854 e. The Morgan fingerprint density at radius 2 is 1.71 bits per heavy atom. The molecule has 1 unspecified atom stereocenters. The summed E-state index contributed by atoms with van der Waals surface area (Å²) in [7, 11) is 0. The van der Waals surface area contributed by atoms with E-state index in [0.717, 1.165) is 24.2 Å². The SMILES string of the molecule is Cc1cc(C)c(-c2cccc3c2CC[C@H]3Oc2ccc(C(C[O-])CS)cc2)c(C)c1.[K+]. The van der Waals surface area contributed by atoms with Gasteiger partial charge in [0.05, 0.1) is 0 Å². The van der Waals surface area contributed by atoms with Crippen LogP contribution >= 0.6 is 12.6 Å². The van der Waals surface area contributed by atoms with Crippen molar-refractivity contribution in [3.8, 4) is 16.9 Å². The third kappa shape index (κ3) is 5.32. The Balaban J connectivity index is 0.00000272. The Morgan fingerprint density at radius 1 is 1.03 bits per heavy atom. The molecule has 3 aromatic carbocycles. The minimum atomic E-state index is -0.139. The van der Waals surface area contributed by atoms with Crippen molar-refractivity contribution in [1.29, 1.82) is 0 Å². The predicted molar refractivity (Wildman–Crippen MR) is 126 cm³/mol. The summed E-state index contributed by atoms with van der Waals surface area (Å²) < 4.78 is 6.38. The standard InChI is InChI=1S/C27H29O2S.K/c1-17-13-18(2)27(19(3)14-17)25-6-4-5-24-23(25)11-12-26(24)29-22-9-7-20(8-10-22)21(15-28)16-30;/h4-10,13-14,21,26,30H,11-12,15-16H2,1-3H3;/q-1;+1/t21?,26-;/m1./s1. The van der Waals surface area contributed by atoms with Crippen LogP contribution in [-0.2, 0) is 6.42 Å². The van der Waals surface area contributed by atoms with E-state index in [2.05, 4.69) is 63.7 Å². The van der Waals surface area contributed by atoms with Crippen LogP contribution in [0, 0.1) is 20.8 Å². The van der Waals surface area contributed by atoms with E-state index in [1.54, 1.807) is 0 Å². The van der Waals surface area contributed by atoms with Crippen molar-refractivity contribution in [1.82, 2.24) is 0 Å². The van der Waals surface area contributed by atoms with Crippen LogP contribution in [0.3, 0.4) is 0 Å². The molecule has 0 saturated heterocycles. The van der Waals surface area contributed by atoms with Gasteiger partial charge in [0.15, 0.2) is 0 Å². The van der Waals surface area contributed by atoms with E-state index in [4.69, 9.17) is 4.74 Å². The zero-order valence-electron chi connectivity index (χ0n) is 18.9. The van der Waals surface area contributed by atoms with Crippen molar-refractivity contribution in [2.45, 2.75) is 45.6 Å². The topological polar surface area (TPSA) is 32.3 Å². The zero-order chi connectivity index (χ0) is 21.3. The average molecular weight is 457 g/mol. The van der Waals surface area contributed by atoms with E-state index >= 15 is 0 Å². The summed E-state index contributed by atoms with van der Waals surface area (Å²) in [6.07, 6.45) is 2.08. The van der Waals surface area contributed by atoms with E-state index < -0.39 is 0 Å². The summed E-state index contributed by atoms with van der Waals surface area (Å²) in [5.74, 6) is 1.38. The predicted octanol–water partition coefficient (Wildman–Crippen LogP) is 2.72. The molecule has 4 rings (SSSR count). The van der Waals surface area contributed by atoms with Gasteiger partial charge in [-0.25, -0.2) is 0 Å². The summed E-state index contributed by atoms with van der Waals surface area (Å²) in [4.78, 5) is 0. The first kappa shape index (κ1) is 25.0. The molecule has 0 amide bonds. The maximum Gasteiger partial charge on any atom is 1.00 e. The molecule has 0 fully saturated rings. The van der Waals surface area contributed by atoms with Crippen LogP contribution < -0.4 is 61.2 Å². The molecule has 2 atom stereocenters. The van der Waals surface area contributed by atoms with Gasteiger partial charge < -0.3 is 9.84 Å². The molecule has 0 bridgehead atoms. The fourth-order valence-corrected chi connectivity index (χ4v) is 5.13. The quantitative estimate of drug-likeness (QED) is 0.457. The molecule has 31 heavy (non-hydrogen) atoms. The second kappa shape index (κ2) is 11.0. The monoisotopic (exact) mass is 456 g/mol. The number of ether oxygens (including phenoxy) is 1. The largest absolute Gasteiger partial charge is 1.00 e.